The van der Waals surface area contributed by atoms with Gasteiger partial charge in [-0.25, -0.2) is 13.6 Å². The molecule has 0 unspecified atom stereocenters. The molecule has 1 aliphatic heterocycles. The zero-order valence-corrected chi connectivity index (χ0v) is 13.7. The molecule has 0 bridgehead atoms. The molecule has 1 aliphatic rings. The van der Waals surface area contributed by atoms with Gasteiger partial charge in [0.1, 0.15) is 21.9 Å². The molecular formula is C16H13F2N3O3S. The number of pyridine rings is 1. The zero-order chi connectivity index (χ0) is 18.0. The van der Waals surface area contributed by atoms with Crippen molar-refractivity contribution < 1.29 is 18.7 Å². The van der Waals surface area contributed by atoms with Gasteiger partial charge in [-0.3, -0.25) is 9.20 Å². The minimum atomic E-state index is -1.44. The Hall–Kier alpha value is -2.52. The van der Waals surface area contributed by atoms with Gasteiger partial charge in [0, 0.05) is 19.1 Å². The van der Waals surface area contributed by atoms with Crippen molar-refractivity contribution in [3.05, 3.63) is 38.2 Å². The third-order valence-electron chi connectivity index (χ3n) is 4.50. The van der Waals surface area contributed by atoms with Gasteiger partial charge in [-0.2, -0.15) is 0 Å². The van der Waals surface area contributed by atoms with Crippen LogP contribution in [0.2, 0.25) is 0 Å². The van der Waals surface area contributed by atoms with Gasteiger partial charge in [-0.15, -0.1) is 0 Å². The van der Waals surface area contributed by atoms with E-state index in [1.165, 1.54) is 9.30 Å². The number of fused-ring (bicyclic) bond motifs is 3. The molecule has 0 amide bonds. The smallest absolute Gasteiger partial charge is 0.342 e. The lowest BCUT2D eigenvalue weighted by Crippen LogP contribution is -2.29. The molecule has 9 heteroatoms. The fraction of sp³-hybridized carbons (Fsp3) is 0.250. The molecule has 0 saturated carbocycles. The second kappa shape index (κ2) is 5.24. The highest BCUT2D eigenvalue weighted by molar-refractivity contribution is 7.17. The molecule has 4 rings (SSSR count). The van der Waals surface area contributed by atoms with Gasteiger partial charge >= 0.3 is 5.97 Å². The quantitative estimate of drug-likeness (QED) is 0.712. The van der Waals surface area contributed by atoms with Crippen molar-refractivity contribution in [2.45, 2.75) is 12.5 Å². The van der Waals surface area contributed by atoms with E-state index in [0.717, 1.165) is 17.4 Å². The van der Waals surface area contributed by atoms with Crippen molar-refractivity contribution in [1.29, 1.82) is 0 Å². The molecule has 0 radical (unpaired) electrons. The Bertz CT molecular complexity index is 1150. The molecule has 1 atom stereocenters. The summed E-state index contributed by atoms with van der Waals surface area (Å²) in [5.41, 5.74) is 4.01. The van der Waals surface area contributed by atoms with Gasteiger partial charge in [0.25, 0.3) is 0 Å². The minimum absolute atomic E-state index is 0.101. The number of hydrogen-bond donors (Lipinski definition) is 2. The summed E-state index contributed by atoms with van der Waals surface area (Å²) in [5, 5.41) is 8.96. The van der Waals surface area contributed by atoms with Crippen LogP contribution in [-0.4, -0.2) is 34.6 Å². The second-order valence-electron chi connectivity index (χ2n) is 6.06. The number of carboxylic acids is 1. The maximum atomic E-state index is 15.2. The summed E-state index contributed by atoms with van der Waals surface area (Å²) in [6.07, 6.45) is 0.607. The van der Waals surface area contributed by atoms with Crippen molar-refractivity contribution in [2.75, 3.05) is 18.0 Å². The monoisotopic (exact) mass is 365 g/mol. The second-order valence-corrected chi connectivity index (χ2v) is 7.12. The van der Waals surface area contributed by atoms with Crippen molar-refractivity contribution in [3.63, 3.8) is 0 Å². The third kappa shape index (κ3) is 2.09. The van der Waals surface area contributed by atoms with Crippen molar-refractivity contribution in [1.82, 2.24) is 4.40 Å². The Kier molecular flexibility index (Phi) is 3.35. The van der Waals surface area contributed by atoms with E-state index in [-0.39, 0.29) is 27.5 Å². The summed E-state index contributed by atoms with van der Waals surface area (Å²) in [6, 6.07) is 0.718. The van der Waals surface area contributed by atoms with Crippen LogP contribution in [0.15, 0.2) is 10.9 Å². The average Bonchev–Trinajstić information content (AvgIpc) is 2.94. The highest BCUT2D eigenvalue weighted by Gasteiger charge is 2.30. The molecular weight excluding hydrogens is 352 g/mol. The number of anilines is 1. The lowest BCUT2D eigenvalue weighted by atomic mass is 10.1. The number of nitrogens with two attached hydrogens (primary N) is 1. The first-order valence-electron chi connectivity index (χ1n) is 7.53. The number of nitrogens with zero attached hydrogens (tertiary/aromatic N) is 2. The molecule has 0 aliphatic carbocycles. The highest BCUT2D eigenvalue weighted by Crippen LogP contribution is 2.33. The van der Waals surface area contributed by atoms with Gasteiger partial charge in [-0.05, 0) is 12.5 Å². The van der Waals surface area contributed by atoms with Crippen molar-refractivity contribution >= 4 is 45.3 Å². The Morgan fingerprint density at radius 3 is 2.72 bits per heavy atom. The average molecular weight is 365 g/mol. The van der Waals surface area contributed by atoms with Gasteiger partial charge in [0.05, 0.1) is 15.6 Å². The zero-order valence-electron chi connectivity index (χ0n) is 12.9. The van der Waals surface area contributed by atoms with Gasteiger partial charge in [0.2, 0.25) is 5.43 Å². The summed E-state index contributed by atoms with van der Waals surface area (Å²) in [6.45, 7) is 4.43. The normalized spacial score (nSPS) is 17.9. The van der Waals surface area contributed by atoms with Crippen LogP contribution in [0.1, 0.15) is 16.8 Å². The van der Waals surface area contributed by atoms with Crippen LogP contribution in [-0.2, 0) is 0 Å². The minimum Gasteiger partial charge on any atom is -0.477 e. The summed E-state index contributed by atoms with van der Waals surface area (Å²) >= 11 is 0.983. The number of halogens is 2. The SMILES string of the molecule is C=c1sc2c(C(=O)O)c(=O)c3cc(F)c(N4CC[C@H](N)C4)c(F)c3n12. The highest BCUT2D eigenvalue weighted by atomic mass is 32.1. The lowest BCUT2D eigenvalue weighted by molar-refractivity contribution is 0.0697. The molecule has 3 N–H and O–H groups in total. The van der Waals surface area contributed by atoms with Crippen LogP contribution in [0, 0.1) is 11.6 Å². The lowest BCUT2D eigenvalue weighted by Gasteiger charge is -2.22. The van der Waals surface area contributed by atoms with Gasteiger partial charge in [0.15, 0.2) is 5.82 Å². The molecule has 3 heterocycles. The number of carbonyl (C=O) groups is 1. The maximum Gasteiger partial charge on any atom is 0.342 e. The molecule has 3 aromatic rings. The number of rotatable bonds is 2. The first-order chi connectivity index (χ1) is 11.8. The van der Waals surface area contributed by atoms with E-state index in [1.54, 1.807) is 0 Å². The van der Waals surface area contributed by atoms with Crippen molar-refractivity contribution in [3.8, 4) is 0 Å². The fourth-order valence-corrected chi connectivity index (χ4v) is 4.30. The summed E-state index contributed by atoms with van der Waals surface area (Å²) in [7, 11) is 0. The number of aromatic nitrogens is 1. The van der Waals surface area contributed by atoms with E-state index in [2.05, 4.69) is 6.58 Å². The number of carboxylic acid groups (broad SMARTS) is 1. The van der Waals surface area contributed by atoms with Crippen LogP contribution in [0.4, 0.5) is 14.5 Å². The first kappa shape index (κ1) is 16.0. The van der Waals surface area contributed by atoms with E-state index in [0.29, 0.717) is 24.2 Å². The van der Waals surface area contributed by atoms with E-state index >= 15 is 4.39 Å². The van der Waals surface area contributed by atoms with Crippen LogP contribution in [0.3, 0.4) is 0 Å². The Morgan fingerprint density at radius 1 is 1.44 bits per heavy atom. The fourth-order valence-electron chi connectivity index (χ4n) is 3.36. The predicted molar refractivity (Wildman–Crippen MR) is 91.5 cm³/mol. The molecule has 0 spiro atoms. The van der Waals surface area contributed by atoms with E-state index < -0.39 is 28.6 Å². The van der Waals surface area contributed by atoms with Gasteiger partial charge < -0.3 is 15.7 Å². The van der Waals surface area contributed by atoms with Crippen LogP contribution < -0.4 is 20.7 Å². The molecule has 1 saturated heterocycles. The van der Waals surface area contributed by atoms with Crippen LogP contribution >= 0.6 is 11.3 Å². The maximum absolute atomic E-state index is 15.2. The standard InChI is InChI=1S/C16H13F2N3O3S/c1-6-21-12-8(14(22)10(16(23)24)15(21)25-6)4-9(17)13(11(12)18)20-3-2-7(19)5-20/h4,7H,1-3,5,19H2,(H,23,24)/t7-/m0/s1. The summed E-state index contributed by atoms with van der Waals surface area (Å²) in [5.74, 6) is -3.25. The van der Waals surface area contributed by atoms with E-state index in [4.69, 9.17) is 5.73 Å². The van der Waals surface area contributed by atoms with Gasteiger partial charge in [-0.1, -0.05) is 17.9 Å². The van der Waals surface area contributed by atoms with Crippen LogP contribution in [0.25, 0.3) is 22.3 Å². The third-order valence-corrected chi connectivity index (χ3v) is 5.50. The summed E-state index contributed by atoms with van der Waals surface area (Å²) < 4.78 is 31.4. The first-order valence-corrected chi connectivity index (χ1v) is 8.34. The van der Waals surface area contributed by atoms with Crippen LogP contribution in [0.5, 0.6) is 0 Å². The molecule has 2 aromatic heterocycles. The van der Waals surface area contributed by atoms with Crippen molar-refractivity contribution in [2.24, 2.45) is 5.73 Å². The Morgan fingerprint density at radius 2 is 2.16 bits per heavy atom. The van der Waals surface area contributed by atoms with E-state index in [9.17, 15) is 19.1 Å². The number of hydrogen-bond acceptors (Lipinski definition) is 5. The molecule has 6 nitrogen and oxygen atoms in total. The largest absolute Gasteiger partial charge is 0.477 e. The topological polar surface area (TPSA) is 88.0 Å². The van der Waals surface area contributed by atoms with E-state index in [1.807, 2.05) is 0 Å². The summed E-state index contributed by atoms with van der Waals surface area (Å²) in [4.78, 5) is 25.5. The molecule has 25 heavy (non-hydrogen) atoms. The number of aromatic carboxylic acids is 1. The molecule has 1 aromatic carbocycles. The predicted octanol–water partition coefficient (Wildman–Crippen LogP) is 1.16. The Labute approximate surface area is 143 Å². The molecule has 1 fully saturated rings. The Balaban J connectivity index is 2.13. The number of benzene rings is 1. The molecule has 130 valence electrons.